The maximum Gasteiger partial charge on any atom is 0.223 e. The Morgan fingerprint density at radius 3 is 2.70 bits per heavy atom. The Labute approximate surface area is 132 Å². The zero-order valence-electron chi connectivity index (χ0n) is 12.1. The predicted molar refractivity (Wildman–Crippen MR) is 87.4 cm³/mol. The van der Waals surface area contributed by atoms with E-state index in [4.69, 9.17) is 5.73 Å². The molecule has 0 aromatic rings. The van der Waals surface area contributed by atoms with Gasteiger partial charge in [-0.25, -0.2) is 0 Å². The number of carbonyl (C=O) groups is 1. The van der Waals surface area contributed by atoms with Crippen LogP contribution in [0.25, 0.3) is 0 Å². The van der Waals surface area contributed by atoms with Crippen molar-refractivity contribution >= 4 is 30.1 Å². The van der Waals surface area contributed by atoms with E-state index in [-0.39, 0.29) is 18.4 Å². The summed E-state index contributed by atoms with van der Waals surface area (Å²) in [6.45, 7) is 0.965. The molecule has 3 fully saturated rings. The van der Waals surface area contributed by atoms with Crippen molar-refractivity contribution in [3.63, 3.8) is 0 Å². The molecule has 3 aliphatic rings. The van der Waals surface area contributed by atoms with Gasteiger partial charge < -0.3 is 10.6 Å². The highest BCUT2D eigenvalue weighted by Crippen LogP contribution is 2.36. The van der Waals surface area contributed by atoms with Crippen LogP contribution in [-0.4, -0.2) is 40.4 Å². The number of carbonyl (C=O) groups excluding carboxylic acids is 1. The van der Waals surface area contributed by atoms with Crippen molar-refractivity contribution in [2.45, 2.75) is 68.7 Å². The van der Waals surface area contributed by atoms with Crippen LogP contribution in [0.4, 0.5) is 0 Å². The molecule has 2 aliphatic carbocycles. The van der Waals surface area contributed by atoms with Crippen molar-refractivity contribution in [1.82, 2.24) is 4.90 Å². The van der Waals surface area contributed by atoms with Crippen molar-refractivity contribution < 1.29 is 4.79 Å². The summed E-state index contributed by atoms with van der Waals surface area (Å²) < 4.78 is 0. The molecule has 0 bridgehead atoms. The second kappa shape index (κ2) is 7.37. The average molecular weight is 319 g/mol. The first-order chi connectivity index (χ1) is 9.25. The van der Waals surface area contributed by atoms with Gasteiger partial charge in [-0.05, 0) is 31.6 Å². The van der Waals surface area contributed by atoms with Crippen molar-refractivity contribution in [3.05, 3.63) is 0 Å². The number of rotatable bonds is 2. The lowest BCUT2D eigenvalue weighted by atomic mass is 9.92. The number of nitrogens with two attached hydrogens (primary N) is 1. The highest BCUT2D eigenvalue weighted by Gasteiger charge is 2.37. The van der Waals surface area contributed by atoms with Gasteiger partial charge in [0.25, 0.3) is 0 Å². The van der Waals surface area contributed by atoms with E-state index in [0.717, 1.165) is 25.1 Å². The van der Waals surface area contributed by atoms with Crippen molar-refractivity contribution in [2.24, 2.45) is 11.7 Å². The number of fused-ring (bicyclic) bond motifs is 1. The normalized spacial score (nSPS) is 37.1. The molecular formula is C15H27ClN2OS. The molecule has 1 saturated heterocycles. The zero-order chi connectivity index (χ0) is 13.2. The minimum atomic E-state index is 0. The van der Waals surface area contributed by atoms with E-state index in [0.29, 0.717) is 29.5 Å². The van der Waals surface area contributed by atoms with Gasteiger partial charge >= 0.3 is 0 Å². The lowest BCUT2D eigenvalue weighted by molar-refractivity contribution is -0.135. The highest BCUT2D eigenvalue weighted by molar-refractivity contribution is 8.00. The topological polar surface area (TPSA) is 46.3 Å². The summed E-state index contributed by atoms with van der Waals surface area (Å²) in [7, 11) is 0. The first-order valence-electron chi connectivity index (χ1n) is 7.92. The molecule has 1 aliphatic heterocycles. The lowest BCUT2D eigenvalue weighted by Gasteiger charge is -2.44. The Morgan fingerprint density at radius 2 is 1.95 bits per heavy atom. The fraction of sp³-hybridized carbons (Fsp3) is 0.933. The monoisotopic (exact) mass is 318 g/mol. The Kier molecular flexibility index (Phi) is 6.06. The van der Waals surface area contributed by atoms with Crippen LogP contribution in [0, 0.1) is 5.92 Å². The molecule has 0 spiro atoms. The highest BCUT2D eigenvalue weighted by atomic mass is 35.5. The Balaban J connectivity index is 0.00000147. The number of amides is 1. The van der Waals surface area contributed by atoms with Crippen LogP contribution in [0.5, 0.6) is 0 Å². The number of nitrogens with zero attached hydrogens (tertiary/aromatic N) is 1. The predicted octanol–water partition coefficient (Wildman–Crippen LogP) is 2.81. The third-order valence-electron chi connectivity index (χ3n) is 5.21. The van der Waals surface area contributed by atoms with E-state index in [2.05, 4.69) is 16.7 Å². The second-order valence-corrected chi connectivity index (χ2v) is 7.75. The van der Waals surface area contributed by atoms with Gasteiger partial charge in [0.1, 0.15) is 0 Å². The van der Waals surface area contributed by atoms with E-state index >= 15 is 0 Å². The standard InChI is InChI=1S/C15H26N2OS.ClH/c16-12-5-3-4-11(12)10-15(18)17-8-9-19-14-7-2-1-6-13(14)17;/h11-14H,1-10,16H2;1H/t11-,12+,13?,14?;/m0./s1. The summed E-state index contributed by atoms with van der Waals surface area (Å²) in [5.41, 5.74) is 6.11. The Hall–Kier alpha value is 0.0700. The molecule has 3 rings (SSSR count). The molecule has 0 aromatic heterocycles. The largest absolute Gasteiger partial charge is 0.338 e. The van der Waals surface area contributed by atoms with Crippen LogP contribution in [0.1, 0.15) is 51.4 Å². The minimum Gasteiger partial charge on any atom is -0.338 e. The van der Waals surface area contributed by atoms with Crippen LogP contribution >= 0.6 is 24.2 Å². The molecule has 2 N–H and O–H groups in total. The van der Waals surface area contributed by atoms with Crippen molar-refractivity contribution in [3.8, 4) is 0 Å². The zero-order valence-corrected chi connectivity index (χ0v) is 13.8. The fourth-order valence-corrected chi connectivity index (χ4v) is 5.51. The average Bonchev–Trinajstić information content (AvgIpc) is 2.83. The summed E-state index contributed by atoms with van der Waals surface area (Å²) in [5, 5.41) is 0.712. The number of hydrogen-bond acceptors (Lipinski definition) is 3. The van der Waals surface area contributed by atoms with Gasteiger partial charge in [-0.2, -0.15) is 11.8 Å². The second-order valence-electron chi connectivity index (χ2n) is 6.41. The van der Waals surface area contributed by atoms with Crippen LogP contribution < -0.4 is 5.73 Å². The quantitative estimate of drug-likeness (QED) is 0.851. The van der Waals surface area contributed by atoms with E-state index in [1.807, 2.05) is 0 Å². The number of halogens is 1. The van der Waals surface area contributed by atoms with Gasteiger partial charge in [0.2, 0.25) is 5.91 Å². The molecule has 0 aromatic carbocycles. The molecule has 1 amide bonds. The summed E-state index contributed by atoms with van der Waals surface area (Å²) in [5.74, 6) is 1.97. The molecule has 116 valence electrons. The molecule has 5 heteroatoms. The molecule has 20 heavy (non-hydrogen) atoms. The molecule has 3 nitrogen and oxygen atoms in total. The van der Waals surface area contributed by atoms with Gasteiger partial charge in [-0.15, -0.1) is 12.4 Å². The molecule has 1 heterocycles. The number of hydrogen-bond donors (Lipinski definition) is 1. The molecule has 2 unspecified atom stereocenters. The van der Waals surface area contributed by atoms with Crippen LogP contribution in [0.2, 0.25) is 0 Å². The van der Waals surface area contributed by atoms with Crippen LogP contribution in [0.15, 0.2) is 0 Å². The van der Waals surface area contributed by atoms with Gasteiger partial charge in [-0.3, -0.25) is 4.79 Å². The summed E-state index contributed by atoms with van der Waals surface area (Å²) in [6.07, 6.45) is 9.36. The first-order valence-corrected chi connectivity index (χ1v) is 8.97. The van der Waals surface area contributed by atoms with E-state index in [1.165, 1.54) is 32.1 Å². The summed E-state index contributed by atoms with van der Waals surface area (Å²) in [6, 6.07) is 0.794. The SMILES string of the molecule is Cl.N[C@@H]1CCC[C@H]1CC(=O)N1CCSC2CCCCC21. The minimum absolute atomic E-state index is 0. The van der Waals surface area contributed by atoms with Gasteiger partial charge in [0, 0.05) is 36.1 Å². The van der Waals surface area contributed by atoms with Gasteiger partial charge in [0.15, 0.2) is 0 Å². The molecular weight excluding hydrogens is 292 g/mol. The van der Waals surface area contributed by atoms with Gasteiger partial charge in [0.05, 0.1) is 0 Å². The van der Waals surface area contributed by atoms with Crippen molar-refractivity contribution in [1.29, 1.82) is 0 Å². The van der Waals surface area contributed by atoms with Crippen LogP contribution in [-0.2, 0) is 4.79 Å². The molecule has 2 saturated carbocycles. The molecule has 4 atom stereocenters. The van der Waals surface area contributed by atoms with Crippen LogP contribution in [0.3, 0.4) is 0 Å². The lowest BCUT2D eigenvalue weighted by Crippen LogP contribution is -2.52. The van der Waals surface area contributed by atoms with E-state index in [1.54, 1.807) is 0 Å². The summed E-state index contributed by atoms with van der Waals surface area (Å²) in [4.78, 5) is 14.8. The van der Waals surface area contributed by atoms with E-state index < -0.39 is 0 Å². The number of thioether (sulfide) groups is 1. The smallest absolute Gasteiger partial charge is 0.223 e. The fourth-order valence-electron chi connectivity index (χ4n) is 4.07. The van der Waals surface area contributed by atoms with E-state index in [9.17, 15) is 4.79 Å². The molecule has 0 radical (unpaired) electrons. The maximum atomic E-state index is 12.6. The van der Waals surface area contributed by atoms with Crippen molar-refractivity contribution in [2.75, 3.05) is 12.3 Å². The third-order valence-corrected chi connectivity index (χ3v) is 6.60. The Morgan fingerprint density at radius 1 is 1.15 bits per heavy atom. The summed E-state index contributed by atoms with van der Waals surface area (Å²) >= 11 is 2.09. The first kappa shape index (κ1) is 16.4. The maximum absolute atomic E-state index is 12.6. The third kappa shape index (κ3) is 3.45. The Bertz CT molecular complexity index is 340. The van der Waals surface area contributed by atoms with Gasteiger partial charge in [-0.1, -0.05) is 19.3 Å².